The SMILES string of the molecule is [B]c1ccccc1S(=O)(=O)Cl. The van der Waals surface area contributed by atoms with Gasteiger partial charge in [-0.15, -0.1) is 0 Å². The van der Waals surface area contributed by atoms with Gasteiger partial charge < -0.3 is 0 Å². The summed E-state index contributed by atoms with van der Waals surface area (Å²) in [5, 5.41) is 0. The summed E-state index contributed by atoms with van der Waals surface area (Å²) in [7, 11) is 6.71. The second-order valence-electron chi connectivity index (χ2n) is 1.98. The Hall–Kier alpha value is -0.475. The van der Waals surface area contributed by atoms with Crippen LogP contribution in [-0.4, -0.2) is 16.3 Å². The Morgan fingerprint density at radius 2 is 1.82 bits per heavy atom. The highest BCUT2D eigenvalue weighted by Crippen LogP contribution is 2.10. The second-order valence-corrected chi connectivity index (χ2v) is 4.51. The molecule has 11 heavy (non-hydrogen) atoms. The molecule has 1 rings (SSSR count). The van der Waals surface area contributed by atoms with E-state index in [9.17, 15) is 8.42 Å². The predicted octanol–water partition coefficient (Wildman–Crippen LogP) is 0.408. The Morgan fingerprint density at radius 1 is 1.27 bits per heavy atom. The molecule has 1 aromatic carbocycles. The summed E-state index contributed by atoms with van der Waals surface area (Å²) < 4.78 is 21.5. The van der Waals surface area contributed by atoms with Crippen molar-refractivity contribution < 1.29 is 8.42 Å². The monoisotopic (exact) mass is 186 g/mol. The average molecular weight is 186 g/mol. The molecule has 0 fully saturated rings. The maximum Gasteiger partial charge on any atom is 0.260 e. The van der Waals surface area contributed by atoms with Crippen molar-refractivity contribution in [3.8, 4) is 0 Å². The molecular weight excluding hydrogens is 182 g/mol. The van der Waals surface area contributed by atoms with Crippen LogP contribution in [0.4, 0.5) is 0 Å². The summed E-state index contributed by atoms with van der Waals surface area (Å²) >= 11 is 0. The maximum absolute atomic E-state index is 10.7. The minimum atomic E-state index is -3.69. The van der Waals surface area contributed by atoms with Gasteiger partial charge in [-0.2, -0.15) is 0 Å². The smallest absolute Gasteiger partial charge is 0.207 e. The minimum absolute atomic E-state index is 0.0401. The molecular formula is C6H4BClO2S. The molecule has 0 aromatic heterocycles. The van der Waals surface area contributed by atoms with Crippen molar-refractivity contribution in [3.63, 3.8) is 0 Å². The van der Waals surface area contributed by atoms with E-state index in [1.165, 1.54) is 12.1 Å². The normalized spacial score (nSPS) is 11.4. The highest BCUT2D eigenvalue weighted by atomic mass is 35.7. The summed E-state index contributed by atoms with van der Waals surface area (Å²) in [5.41, 5.74) is 0.169. The summed E-state index contributed by atoms with van der Waals surface area (Å²) in [4.78, 5) is -0.0401. The Bertz CT molecular complexity index is 361. The van der Waals surface area contributed by atoms with E-state index in [1.807, 2.05) is 0 Å². The van der Waals surface area contributed by atoms with E-state index < -0.39 is 9.05 Å². The van der Waals surface area contributed by atoms with Crippen LogP contribution in [0.25, 0.3) is 0 Å². The first-order valence-corrected chi connectivity index (χ1v) is 5.12. The fraction of sp³-hybridized carbons (Fsp3) is 0. The van der Waals surface area contributed by atoms with Gasteiger partial charge in [0.25, 0.3) is 9.05 Å². The van der Waals surface area contributed by atoms with Crippen molar-refractivity contribution in [2.75, 3.05) is 0 Å². The van der Waals surface area contributed by atoms with E-state index in [-0.39, 0.29) is 10.4 Å². The van der Waals surface area contributed by atoms with Gasteiger partial charge in [0, 0.05) is 10.7 Å². The summed E-state index contributed by atoms with van der Waals surface area (Å²) in [6.07, 6.45) is 0. The third-order valence-electron chi connectivity index (χ3n) is 1.18. The van der Waals surface area contributed by atoms with Crippen LogP contribution in [0.2, 0.25) is 0 Å². The second kappa shape index (κ2) is 2.87. The van der Waals surface area contributed by atoms with Gasteiger partial charge in [-0.1, -0.05) is 23.7 Å². The summed E-state index contributed by atoms with van der Waals surface area (Å²) in [6.45, 7) is 0. The minimum Gasteiger partial charge on any atom is -0.207 e. The molecule has 5 heteroatoms. The van der Waals surface area contributed by atoms with Crippen LogP contribution in [0.1, 0.15) is 0 Å². The first-order chi connectivity index (χ1) is 5.02. The summed E-state index contributed by atoms with van der Waals surface area (Å²) in [5.74, 6) is 0. The molecule has 2 nitrogen and oxygen atoms in total. The van der Waals surface area contributed by atoms with Crippen LogP contribution in [0.5, 0.6) is 0 Å². The molecule has 0 heterocycles. The van der Waals surface area contributed by atoms with Gasteiger partial charge >= 0.3 is 0 Å². The van der Waals surface area contributed by atoms with Crippen molar-refractivity contribution in [1.29, 1.82) is 0 Å². The van der Waals surface area contributed by atoms with E-state index >= 15 is 0 Å². The number of hydrogen-bond acceptors (Lipinski definition) is 2. The Morgan fingerprint density at radius 3 is 2.18 bits per heavy atom. The average Bonchev–Trinajstić information content (AvgIpc) is 1.86. The van der Waals surface area contributed by atoms with Crippen LogP contribution in [-0.2, 0) is 9.05 Å². The Labute approximate surface area is 71.0 Å². The van der Waals surface area contributed by atoms with Gasteiger partial charge in [0.1, 0.15) is 7.85 Å². The van der Waals surface area contributed by atoms with Crippen molar-refractivity contribution in [3.05, 3.63) is 24.3 Å². The molecule has 0 spiro atoms. The van der Waals surface area contributed by atoms with Crippen molar-refractivity contribution in [1.82, 2.24) is 0 Å². The molecule has 0 amide bonds. The lowest BCUT2D eigenvalue weighted by Crippen LogP contribution is -2.11. The number of benzene rings is 1. The number of hydrogen-bond donors (Lipinski definition) is 0. The van der Waals surface area contributed by atoms with Crippen molar-refractivity contribution in [2.45, 2.75) is 4.90 Å². The molecule has 0 bridgehead atoms. The molecule has 0 aliphatic rings. The van der Waals surface area contributed by atoms with Gasteiger partial charge in [-0.3, -0.25) is 0 Å². The topological polar surface area (TPSA) is 34.1 Å². The highest BCUT2D eigenvalue weighted by Gasteiger charge is 2.10. The van der Waals surface area contributed by atoms with Crippen LogP contribution in [0.3, 0.4) is 0 Å². The van der Waals surface area contributed by atoms with Crippen LogP contribution in [0.15, 0.2) is 29.2 Å². The zero-order valence-electron chi connectivity index (χ0n) is 5.49. The van der Waals surface area contributed by atoms with Gasteiger partial charge in [0.05, 0.1) is 4.90 Å². The van der Waals surface area contributed by atoms with E-state index in [0.29, 0.717) is 0 Å². The van der Waals surface area contributed by atoms with Crippen LogP contribution < -0.4 is 5.46 Å². The fourth-order valence-electron chi connectivity index (χ4n) is 0.703. The Balaban J connectivity index is 3.37. The van der Waals surface area contributed by atoms with Gasteiger partial charge in [-0.25, -0.2) is 8.42 Å². The van der Waals surface area contributed by atoms with Gasteiger partial charge in [-0.05, 0) is 6.07 Å². The highest BCUT2D eigenvalue weighted by molar-refractivity contribution is 8.13. The van der Waals surface area contributed by atoms with Crippen LogP contribution in [0, 0.1) is 0 Å². The number of halogens is 1. The standard InChI is InChI=1S/C6H4BClO2S/c7-5-3-1-2-4-6(5)11(8,9)10/h1-4H. The molecule has 0 aliphatic heterocycles. The molecule has 0 unspecified atom stereocenters. The molecule has 0 aliphatic carbocycles. The van der Waals surface area contributed by atoms with Crippen molar-refractivity contribution >= 4 is 33.0 Å². The van der Waals surface area contributed by atoms with E-state index in [1.54, 1.807) is 12.1 Å². The molecule has 0 saturated carbocycles. The lowest BCUT2D eigenvalue weighted by molar-refractivity contribution is 0.610. The van der Waals surface area contributed by atoms with Crippen LogP contribution >= 0.6 is 10.7 Å². The largest absolute Gasteiger partial charge is 0.260 e. The van der Waals surface area contributed by atoms with Gasteiger partial charge in [0.2, 0.25) is 0 Å². The lowest BCUT2D eigenvalue weighted by atomic mass is 9.97. The molecule has 56 valence electrons. The predicted molar refractivity (Wildman–Crippen MR) is 44.9 cm³/mol. The third-order valence-corrected chi connectivity index (χ3v) is 2.58. The zero-order chi connectivity index (χ0) is 8.48. The number of rotatable bonds is 1. The lowest BCUT2D eigenvalue weighted by Gasteiger charge is -1.98. The van der Waals surface area contributed by atoms with Gasteiger partial charge in [0.15, 0.2) is 0 Å². The fourth-order valence-corrected chi connectivity index (χ4v) is 1.71. The molecule has 0 N–H and O–H groups in total. The van der Waals surface area contributed by atoms with E-state index in [4.69, 9.17) is 18.5 Å². The third kappa shape index (κ3) is 1.98. The quantitative estimate of drug-likeness (QED) is 0.470. The molecule has 0 atom stereocenters. The van der Waals surface area contributed by atoms with E-state index in [0.717, 1.165) is 0 Å². The first-order valence-electron chi connectivity index (χ1n) is 2.81. The Kier molecular flexibility index (Phi) is 2.25. The first kappa shape index (κ1) is 8.62. The molecule has 1 aromatic rings. The summed E-state index contributed by atoms with van der Waals surface area (Å²) in [6, 6.07) is 6.04. The molecule has 0 saturated heterocycles. The van der Waals surface area contributed by atoms with Crippen molar-refractivity contribution in [2.24, 2.45) is 0 Å². The maximum atomic E-state index is 10.7. The van der Waals surface area contributed by atoms with E-state index in [2.05, 4.69) is 0 Å². The zero-order valence-corrected chi connectivity index (χ0v) is 7.06. The molecule has 2 radical (unpaired) electrons.